The summed E-state index contributed by atoms with van der Waals surface area (Å²) < 4.78 is 8.94. The number of carbonyl (C=O) groups is 1. The fourth-order valence-electron chi connectivity index (χ4n) is 0.468. The number of hydrogen-bond acceptors (Lipinski definition) is 3. The maximum Gasteiger partial charge on any atom is 0.509 e. The van der Waals surface area contributed by atoms with Crippen LogP contribution in [0.2, 0.25) is 0 Å². The Morgan fingerprint density at radius 1 is 1.64 bits per heavy atom. The molecular formula is C8H12O3. The lowest BCUT2D eigenvalue weighted by Crippen LogP contribution is -2.12. The highest BCUT2D eigenvalue weighted by Gasteiger charge is 2.04. The summed E-state index contributed by atoms with van der Waals surface area (Å²) in [6.45, 7) is 3.62. The van der Waals surface area contributed by atoms with Crippen molar-refractivity contribution in [3.8, 4) is 11.8 Å². The van der Waals surface area contributed by atoms with Crippen molar-refractivity contribution in [1.29, 1.82) is 0 Å². The van der Waals surface area contributed by atoms with Crippen molar-refractivity contribution in [3.63, 3.8) is 0 Å². The number of carbonyl (C=O) groups excluding carboxylic acids is 1. The van der Waals surface area contributed by atoms with E-state index in [1.807, 2.05) is 6.92 Å². The van der Waals surface area contributed by atoms with Gasteiger partial charge in [-0.1, -0.05) is 18.8 Å². The van der Waals surface area contributed by atoms with Crippen molar-refractivity contribution in [2.24, 2.45) is 0 Å². The molecule has 0 unspecified atom stereocenters. The molecule has 3 nitrogen and oxygen atoms in total. The molecule has 0 heterocycles. The molecule has 0 saturated carbocycles. The predicted octanol–water partition coefficient (Wildman–Crippen LogP) is 1.57. The van der Waals surface area contributed by atoms with Crippen LogP contribution in [0, 0.1) is 11.8 Å². The summed E-state index contributed by atoms with van der Waals surface area (Å²) in [5.74, 6) is 5.52. The van der Waals surface area contributed by atoms with Gasteiger partial charge >= 0.3 is 6.16 Å². The van der Waals surface area contributed by atoms with Gasteiger partial charge in [0.05, 0.1) is 7.11 Å². The van der Waals surface area contributed by atoms with E-state index in [9.17, 15) is 4.79 Å². The van der Waals surface area contributed by atoms with Gasteiger partial charge in [-0.15, -0.1) is 0 Å². The zero-order valence-electron chi connectivity index (χ0n) is 7.01. The van der Waals surface area contributed by atoms with Crippen LogP contribution in [0.5, 0.6) is 0 Å². The Morgan fingerprint density at radius 3 is 2.73 bits per heavy atom. The summed E-state index contributed by atoms with van der Waals surface area (Å²) in [5, 5.41) is 0. The van der Waals surface area contributed by atoms with Crippen LogP contribution >= 0.6 is 0 Å². The first-order chi connectivity index (χ1) is 5.20. The quantitative estimate of drug-likeness (QED) is 0.427. The van der Waals surface area contributed by atoms with Gasteiger partial charge in [-0.2, -0.15) is 0 Å². The van der Waals surface area contributed by atoms with E-state index < -0.39 is 6.16 Å². The average Bonchev–Trinajstić information content (AvgIpc) is 2.00. The van der Waals surface area contributed by atoms with E-state index in [0.29, 0.717) is 0 Å². The fraction of sp³-hybridized carbons (Fsp3) is 0.625. The molecule has 1 atom stereocenters. The van der Waals surface area contributed by atoms with E-state index in [4.69, 9.17) is 0 Å². The molecule has 0 spiro atoms. The van der Waals surface area contributed by atoms with Crippen molar-refractivity contribution < 1.29 is 14.3 Å². The highest BCUT2D eigenvalue weighted by molar-refractivity contribution is 5.60. The number of methoxy groups -OCH3 is 1. The van der Waals surface area contributed by atoms with Crippen LogP contribution in [0.3, 0.4) is 0 Å². The molecule has 0 aromatic rings. The normalized spacial score (nSPS) is 10.8. The molecule has 3 heteroatoms. The molecule has 0 aliphatic carbocycles. The van der Waals surface area contributed by atoms with Gasteiger partial charge in [-0.05, 0) is 6.92 Å². The third-order valence-electron chi connectivity index (χ3n) is 0.922. The van der Waals surface area contributed by atoms with Crippen LogP contribution in [0.4, 0.5) is 4.79 Å². The van der Waals surface area contributed by atoms with Gasteiger partial charge in [0.15, 0.2) is 6.10 Å². The third-order valence-corrected chi connectivity index (χ3v) is 0.922. The van der Waals surface area contributed by atoms with Gasteiger partial charge in [0, 0.05) is 6.42 Å². The second kappa shape index (κ2) is 5.60. The maximum absolute atomic E-state index is 10.5. The second-order valence-electron chi connectivity index (χ2n) is 1.89. The van der Waals surface area contributed by atoms with Gasteiger partial charge in [0.2, 0.25) is 0 Å². The lowest BCUT2D eigenvalue weighted by Gasteiger charge is -2.03. The van der Waals surface area contributed by atoms with Crippen LogP contribution in [-0.4, -0.2) is 19.4 Å². The van der Waals surface area contributed by atoms with Crippen LogP contribution in [-0.2, 0) is 9.47 Å². The summed E-state index contributed by atoms with van der Waals surface area (Å²) in [5.41, 5.74) is 0. The highest BCUT2D eigenvalue weighted by Crippen LogP contribution is 1.91. The molecule has 0 bridgehead atoms. The van der Waals surface area contributed by atoms with Crippen LogP contribution in [0.15, 0.2) is 0 Å². The lowest BCUT2D eigenvalue weighted by atomic mass is 10.4. The third kappa shape index (κ3) is 5.28. The minimum atomic E-state index is -0.692. The van der Waals surface area contributed by atoms with Crippen molar-refractivity contribution in [1.82, 2.24) is 0 Å². The van der Waals surface area contributed by atoms with Gasteiger partial charge in [-0.25, -0.2) is 4.79 Å². The highest BCUT2D eigenvalue weighted by atomic mass is 16.7. The second-order valence-corrected chi connectivity index (χ2v) is 1.89. The first-order valence-electron chi connectivity index (χ1n) is 3.43. The molecule has 0 aromatic heterocycles. The summed E-state index contributed by atoms with van der Waals surface area (Å²) in [7, 11) is 1.27. The fourth-order valence-corrected chi connectivity index (χ4v) is 0.468. The van der Waals surface area contributed by atoms with E-state index in [1.165, 1.54) is 7.11 Å². The molecule has 0 radical (unpaired) electrons. The zero-order chi connectivity index (χ0) is 8.69. The number of rotatable bonds is 1. The van der Waals surface area contributed by atoms with Gasteiger partial charge < -0.3 is 9.47 Å². The minimum Gasteiger partial charge on any atom is -0.438 e. The summed E-state index contributed by atoms with van der Waals surface area (Å²) >= 11 is 0. The molecular weight excluding hydrogens is 144 g/mol. The Hall–Kier alpha value is -1.17. The van der Waals surface area contributed by atoms with E-state index in [0.717, 1.165) is 6.42 Å². The molecule has 0 rings (SSSR count). The Bertz CT molecular complexity index is 176. The molecule has 62 valence electrons. The zero-order valence-corrected chi connectivity index (χ0v) is 7.01. The topological polar surface area (TPSA) is 35.5 Å². The van der Waals surface area contributed by atoms with Crippen molar-refractivity contribution >= 4 is 6.16 Å². The first kappa shape index (κ1) is 9.83. The molecule has 11 heavy (non-hydrogen) atoms. The van der Waals surface area contributed by atoms with Gasteiger partial charge in [0.1, 0.15) is 0 Å². The maximum atomic E-state index is 10.5. The first-order valence-corrected chi connectivity index (χ1v) is 3.43. The average molecular weight is 156 g/mol. The molecule has 0 amide bonds. The Labute approximate surface area is 66.7 Å². The van der Waals surface area contributed by atoms with Crippen LogP contribution in [0.1, 0.15) is 20.3 Å². The molecule has 0 aromatic carbocycles. The lowest BCUT2D eigenvalue weighted by molar-refractivity contribution is 0.0604. The molecule has 0 aliphatic heterocycles. The van der Waals surface area contributed by atoms with Crippen molar-refractivity contribution in [3.05, 3.63) is 0 Å². The Balaban J connectivity index is 3.68. The predicted molar refractivity (Wildman–Crippen MR) is 41.0 cm³/mol. The van der Waals surface area contributed by atoms with E-state index in [2.05, 4.69) is 21.3 Å². The summed E-state index contributed by atoms with van der Waals surface area (Å²) in [6.07, 6.45) is -0.320. The minimum absolute atomic E-state index is 0.387. The molecule has 0 saturated heterocycles. The molecule has 0 fully saturated rings. The number of hydrogen-bond donors (Lipinski definition) is 0. The van der Waals surface area contributed by atoms with Crippen molar-refractivity contribution in [2.45, 2.75) is 26.4 Å². The van der Waals surface area contributed by atoms with Crippen LogP contribution < -0.4 is 0 Å². The monoisotopic (exact) mass is 156 g/mol. The van der Waals surface area contributed by atoms with Crippen LogP contribution in [0.25, 0.3) is 0 Å². The molecule has 0 aliphatic rings. The van der Waals surface area contributed by atoms with E-state index in [1.54, 1.807) is 6.92 Å². The number of ether oxygens (including phenoxy) is 2. The molecule has 0 N–H and O–H groups in total. The van der Waals surface area contributed by atoms with Crippen molar-refractivity contribution in [2.75, 3.05) is 7.11 Å². The van der Waals surface area contributed by atoms with Gasteiger partial charge in [0.25, 0.3) is 0 Å². The standard InChI is InChI=1S/C8H12O3/c1-4-5-6-7(2)11-8(9)10-3/h7H,4H2,1-3H3/t7-/m0/s1. The summed E-state index contributed by atoms with van der Waals surface area (Å²) in [6, 6.07) is 0. The SMILES string of the molecule is CCC#C[C@H](C)OC(=O)OC. The summed E-state index contributed by atoms with van der Waals surface area (Å²) in [4.78, 5) is 10.5. The largest absolute Gasteiger partial charge is 0.509 e. The Morgan fingerprint density at radius 2 is 2.27 bits per heavy atom. The smallest absolute Gasteiger partial charge is 0.438 e. The van der Waals surface area contributed by atoms with Gasteiger partial charge in [-0.3, -0.25) is 0 Å². The van der Waals surface area contributed by atoms with E-state index >= 15 is 0 Å². The Kier molecular flexibility index (Phi) is 5.01. The van der Waals surface area contributed by atoms with E-state index in [-0.39, 0.29) is 6.10 Å².